The van der Waals surface area contributed by atoms with E-state index in [0.29, 0.717) is 5.69 Å². The first-order chi connectivity index (χ1) is 11.1. The van der Waals surface area contributed by atoms with E-state index in [0.717, 1.165) is 42.9 Å². The van der Waals surface area contributed by atoms with Crippen molar-refractivity contribution in [2.75, 3.05) is 19.0 Å². The molecule has 0 radical (unpaired) electrons. The van der Waals surface area contributed by atoms with Crippen LogP contribution in [0.5, 0.6) is 0 Å². The lowest BCUT2D eigenvalue weighted by Crippen LogP contribution is -2.18. The summed E-state index contributed by atoms with van der Waals surface area (Å²) in [4.78, 5) is 18.5. The monoisotopic (exact) mass is 311 g/mol. The van der Waals surface area contributed by atoms with Crippen LogP contribution in [0.25, 0.3) is 0 Å². The Labute approximate surface area is 135 Å². The van der Waals surface area contributed by atoms with Crippen LogP contribution >= 0.6 is 0 Å². The Hall–Kier alpha value is -2.63. The fourth-order valence-corrected chi connectivity index (χ4v) is 2.60. The number of imidazole rings is 1. The highest BCUT2D eigenvalue weighted by Gasteiger charge is 2.16. The van der Waals surface area contributed by atoms with Gasteiger partial charge in [0, 0.05) is 38.9 Å². The van der Waals surface area contributed by atoms with Gasteiger partial charge in [-0.1, -0.05) is 12.1 Å². The minimum absolute atomic E-state index is 0.270. The Morgan fingerprint density at radius 3 is 2.78 bits per heavy atom. The maximum atomic E-state index is 12.1. The average Bonchev–Trinajstić information content (AvgIpc) is 2.99. The Morgan fingerprint density at radius 2 is 2.09 bits per heavy atom. The third-order valence-corrected chi connectivity index (χ3v) is 3.93. The van der Waals surface area contributed by atoms with E-state index < -0.39 is 0 Å². The first-order valence-electron chi connectivity index (χ1n) is 7.80. The van der Waals surface area contributed by atoms with Crippen molar-refractivity contribution in [1.29, 1.82) is 0 Å². The zero-order chi connectivity index (χ0) is 16.2. The van der Waals surface area contributed by atoms with Gasteiger partial charge in [0.15, 0.2) is 0 Å². The highest BCUT2D eigenvalue weighted by atomic mass is 16.2. The van der Waals surface area contributed by atoms with Crippen LogP contribution in [0.2, 0.25) is 0 Å². The van der Waals surface area contributed by atoms with E-state index in [1.807, 2.05) is 49.5 Å². The van der Waals surface area contributed by atoms with Crippen molar-refractivity contribution < 1.29 is 4.79 Å². The summed E-state index contributed by atoms with van der Waals surface area (Å²) in [6, 6.07) is 7.93. The molecule has 0 aliphatic carbocycles. The number of aryl methyl sites for hydroxylation is 2. The summed E-state index contributed by atoms with van der Waals surface area (Å²) in [5.41, 5.74) is 5.02. The van der Waals surface area contributed by atoms with Crippen LogP contribution in [0.15, 0.2) is 35.6 Å². The summed E-state index contributed by atoms with van der Waals surface area (Å²) in [7, 11) is 3.99. The standard InChI is InChI=1S/C17H21N5O/c1-21(2)14-8-6-13(7-9-14)11-18-20-17(23)15-12-22-10-4-3-5-16(22)19-15/h6-9,11-12H,3-5,10H2,1-2H3,(H,20,23)/b18-11+. The molecule has 0 bridgehead atoms. The van der Waals surface area contributed by atoms with E-state index in [1.165, 1.54) is 0 Å². The number of aromatic nitrogens is 2. The molecular formula is C17H21N5O. The van der Waals surface area contributed by atoms with Gasteiger partial charge in [-0.05, 0) is 30.5 Å². The molecule has 0 unspecified atom stereocenters. The molecular weight excluding hydrogens is 290 g/mol. The van der Waals surface area contributed by atoms with E-state index in [4.69, 9.17) is 0 Å². The number of carbonyl (C=O) groups excluding carboxylic acids is 1. The number of anilines is 1. The molecule has 1 aromatic heterocycles. The lowest BCUT2D eigenvalue weighted by atomic mass is 10.2. The fourth-order valence-electron chi connectivity index (χ4n) is 2.60. The number of carbonyl (C=O) groups is 1. The SMILES string of the molecule is CN(C)c1ccc(/C=N/NC(=O)c2cn3c(n2)CCCC3)cc1. The molecule has 120 valence electrons. The second-order valence-electron chi connectivity index (χ2n) is 5.88. The first kappa shape index (κ1) is 15.3. The maximum Gasteiger partial charge on any atom is 0.291 e. The molecule has 0 saturated carbocycles. The summed E-state index contributed by atoms with van der Waals surface area (Å²) < 4.78 is 2.06. The Kier molecular flexibility index (Phi) is 4.41. The molecule has 1 N–H and O–H groups in total. The number of hydrogen-bond acceptors (Lipinski definition) is 4. The number of nitrogens with zero attached hydrogens (tertiary/aromatic N) is 4. The molecule has 0 atom stereocenters. The minimum Gasteiger partial charge on any atom is -0.378 e. The van der Waals surface area contributed by atoms with Gasteiger partial charge >= 0.3 is 0 Å². The Bertz CT molecular complexity index is 692. The normalized spacial score (nSPS) is 13.8. The molecule has 1 aliphatic heterocycles. The molecule has 3 rings (SSSR count). The molecule has 23 heavy (non-hydrogen) atoms. The van der Waals surface area contributed by atoms with Crippen LogP contribution in [-0.2, 0) is 13.0 Å². The summed E-state index contributed by atoms with van der Waals surface area (Å²) >= 11 is 0. The van der Waals surface area contributed by atoms with Crippen LogP contribution in [0.1, 0.15) is 34.7 Å². The summed E-state index contributed by atoms with van der Waals surface area (Å²) in [5, 5.41) is 4.01. The van der Waals surface area contributed by atoms with Gasteiger partial charge in [-0.25, -0.2) is 10.4 Å². The molecule has 2 aromatic rings. The number of benzene rings is 1. The van der Waals surface area contributed by atoms with Crippen LogP contribution < -0.4 is 10.3 Å². The van der Waals surface area contributed by atoms with Gasteiger partial charge in [0.1, 0.15) is 11.5 Å². The van der Waals surface area contributed by atoms with Crippen molar-refractivity contribution in [1.82, 2.24) is 15.0 Å². The highest BCUT2D eigenvalue weighted by molar-refractivity contribution is 5.93. The number of amides is 1. The van der Waals surface area contributed by atoms with E-state index in [1.54, 1.807) is 6.21 Å². The first-order valence-corrected chi connectivity index (χ1v) is 7.80. The molecule has 1 aromatic carbocycles. The molecule has 6 heteroatoms. The van der Waals surface area contributed by atoms with Crippen LogP contribution in [0.4, 0.5) is 5.69 Å². The van der Waals surface area contributed by atoms with E-state index >= 15 is 0 Å². The smallest absolute Gasteiger partial charge is 0.291 e. The summed E-state index contributed by atoms with van der Waals surface area (Å²) in [6.07, 6.45) is 6.66. The van der Waals surface area contributed by atoms with E-state index in [9.17, 15) is 4.79 Å². The van der Waals surface area contributed by atoms with Crippen LogP contribution in [0.3, 0.4) is 0 Å². The number of fused-ring (bicyclic) bond motifs is 1. The highest BCUT2D eigenvalue weighted by Crippen LogP contribution is 2.14. The van der Waals surface area contributed by atoms with Gasteiger partial charge in [-0.3, -0.25) is 4.79 Å². The van der Waals surface area contributed by atoms with Crippen LogP contribution in [0, 0.1) is 0 Å². The second kappa shape index (κ2) is 6.64. The predicted octanol–water partition coefficient (Wildman–Crippen LogP) is 2.05. The molecule has 1 amide bonds. The van der Waals surface area contributed by atoms with Gasteiger partial charge in [0.25, 0.3) is 5.91 Å². The Balaban J connectivity index is 1.61. The lowest BCUT2D eigenvalue weighted by Gasteiger charge is -2.11. The van der Waals surface area contributed by atoms with Crippen molar-refractivity contribution in [3.05, 3.63) is 47.5 Å². The molecule has 1 aliphatic rings. The maximum absolute atomic E-state index is 12.1. The topological polar surface area (TPSA) is 62.5 Å². The third-order valence-electron chi connectivity index (χ3n) is 3.93. The van der Waals surface area contributed by atoms with Gasteiger partial charge in [-0.15, -0.1) is 0 Å². The summed E-state index contributed by atoms with van der Waals surface area (Å²) in [5.74, 6) is 0.720. The largest absolute Gasteiger partial charge is 0.378 e. The molecule has 6 nitrogen and oxygen atoms in total. The number of nitrogens with one attached hydrogen (secondary N) is 1. The van der Waals surface area contributed by atoms with Crippen molar-refractivity contribution in [3.63, 3.8) is 0 Å². The van der Waals surface area contributed by atoms with Gasteiger partial charge < -0.3 is 9.47 Å². The minimum atomic E-state index is -0.270. The lowest BCUT2D eigenvalue weighted by molar-refractivity contribution is 0.0950. The predicted molar refractivity (Wildman–Crippen MR) is 91.0 cm³/mol. The van der Waals surface area contributed by atoms with Gasteiger partial charge in [-0.2, -0.15) is 5.10 Å². The van der Waals surface area contributed by atoms with Gasteiger partial charge in [0.2, 0.25) is 0 Å². The van der Waals surface area contributed by atoms with Crippen LogP contribution in [-0.4, -0.2) is 35.8 Å². The number of rotatable bonds is 4. The summed E-state index contributed by atoms with van der Waals surface area (Å²) in [6.45, 7) is 0.942. The molecule has 2 heterocycles. The number of hydrazone groups is 1. The zero-order valence-electron chi connectivity index (χ0n) is 13.5. The second-order valence-corrected chi connectivity index (χ2v) is 5.88. The quantitative estimate of drug-likeness (QED) is 0.694. The van der Waals surface area contributed by atoms with Crippen molar-refractivity contribution >= 4 is 17.8 Å². The molecule has 0 fully saturated rings. The van der Waals surface area contributed by atoms with Gasteiger partial charge in [0.05, 0.1) is 6.21 Å². The zero-order valence-corrected chi connectivity index (χ0v) is 13.5. The van der Waals surface area contributed by atoms with Crippen molar-refractivity contribution in [3.8, 4) is 0 Å². The Morgan fingerprint density at radius 1 is 1.30 bits per heavy atom. The fraction of sp³-hybridized carbons (Fsp3) is 0.353. The number of hydrogen-bond donors (Lipinski definition) is 1. The van der Waals surface area contributed by atoms with E-state index in [2.05, 4.69) is 20.1 Å². The molecule has 0 spiro atoms. The third kappa shape index (κ3) is 3.59. The van der Waals surface area contributed by atoms with Crippen molar-refractivity contribution in [2.24, 2.45) is 5.10 Å². The molecule has 0 saturated heterocycles. The average molecular weight is 311 g/mol. The van der Waals surface area contributed by atoms with Crippen molar-refractivity contribution in [2.45, 2.75) is 25.8 Å². The van der Waals surface area contributed by atoms with E-state index in [-0.39, 0.29) is 5.91 Å².